The molecule has 2 atom stereocenters. The van der Waals surface area contributed by atoms with Gasteiger partial charge in [0.15, 0.2) is 0 Å². The van der Waals surface area contributed by atoms with Gasteiger partial charge in [0.2, 0.25) is 0 Å². The summed E-state index contributed by atoms with van der Waals surface area (Å²) in [7, 11) is 1.76. The van der Waals surface area contributed by atoms with Crippen molar-refractivity contribution in [1.29, 1.82) is 0 Å². The molecular formula is C10H20BrNO2. The first-order valence-electron chi connectivity index (χ1n) is 5.18. The third-order valence-corrected chi connectivity index (χ3v) is 3.43. The second-order valence-corrected chi connectivity index (χ2v) is 4.42. The Balaban J connectivity index is 2.27. The third-order valence-electron chi connectivity index (χ3n) is 2.71. The summed E-state index contributed by atoms with van der Waals surface area (Å²) in [6.07, 6.45) is 1.46. The van der Waals surface area contributed by atoms with Crippen LogP contribution in [0, 0.1) is 0 Å². The molecule has 1 aliphatic rings. The molecule has 14 heavy (non-hydrogen) atoms. The van der Waals surface area contributed by atoms with Gasteiger partial charge in [-0.25, -0.2) is 0 Å². The number of methoxy groups -OCH3 is 1. The van der Waals surface area contributed by atoms with Gasteiger partial charge in [-0.3, -0.25) is 4.90 Å². The second kappa shape index (κ2) is 6.77. The number of ether oxygens (including phenoxy) is 2. The average molecular weight is 266 g/mol. The summed E-state index contributed by atoms with van der Waals surface area (Å²) in [6, 6.07) is 0.598. The number of rotatable bonds is 5. The smallest absolute Gasteiger partial charge is 0.0799 e. The standard InChI is InChI=1S/C10H20BrNO2/c1-9(3-5-13-2)12-4-6-14-10(7-11)8-12/h9-10H,3-8H2,1-2H3. The molecule has 0 N–H and O–H groups in total. The van der Waals surface area contributed by atoms with Gasteiger partial charge in [-0.2, -0.15) is 0 Å². The van der Waals surface area contributed by atoms with Gasteiger partial charge in [0.1, 0.15) is 0 Å². The van der Waals surface area contributed by atoms with Crippen molar-refractivity contribution in [1.82, 2.24) is 4.90 Å². The zero-order valence-electron chi connectivity index (χ0n) is 9.04. The van der Waals surface area contributed by atoms with E-state index in [1.807, 2.05) is 0 Å². The molecule has 1 rings (SSSR count). The molecule has 4 heteroatoms. The molecule has 1 saturated heterocycles. The molecule has 0 spiro atoms. The Kier molecular flexibility index (Phi) is 6.01. The molecule has 1 aliphatic heterocycles. The van der Waals surface area contributed by atoms with Crippen LogP contribution in [0.25, 0.3) is 0 Å². The van der Waals surface area contributed by atoms with Gasteiger partial charge in [0.25, 0.3) is 0 Å². The highest BCUT2D eigenvalue weighted by molar-refractivity contribution is 9.09. The number of hydrogen-bond donors (Lipinski definition) is 0. The summed E-state index contributed by atoms with van der Waals surface area (Å²) in [5.41, 5.74) is 0. The van der Waals surface area contributed by atoms with Crippen LogP contribution in [0.4, 0.5) is 0 Å². The first-order chi connectivity index (χ1) is 6.77. The van der Waals surface area contributed by atoms with Crippen LogP contribution in [0.1, 0.15) is 13.3 Å². The summed E-state index contributed by atoms with van der Waals surface area (Å²) >= 11 is 3.46. The maximum atomic E-state index is 5.59. The summed E-state index contributed by atoms with van der Waals surface area (Å²) in [4.78, 5) is 2.48. The number of morpholine rings is 1. The summed E-state index contributed by atoms with van der Waals surface area (Å²) < 4.78 is 10.7. The van der Waals surface area contributed by atoms with E-state index >= 15 is 0 Å². The lowest BCUT2D eigenvalue weighted by molar-refractivity contribution is -0.0322. The minimum atomic E-state index is 0.355. The van der Waals surface area contributed by atoms with E-state index in [-0.39, 0.29) is 0 Å². The number of alkyl halides is 1. The second-order valence-electron chi connectivity index (χ2n) is 3.77. The van der Waals surface area contributed by atoms with Crippen molar-refractivity contribution >= 4 is 15.9 Å². The zero-order valence-corrected chi connectivity index (χ0v) is 10.6. The Bertz CT molecular complexity index is 157. The molecule has 0 radical (unpaired) electrons. The van der Waals surface area contributed by atoms with Crippen molar-refractivity contribution in [2.24, 2.45) is 0 Å². The summed E-state index contributed by atoms with van der Waals surface area (Å²) in [6.45, 7) is 6.05. The largest absolute Gasteiger partial charge is 0.385 e. The molecule has 0 aromatic heterocycles. The fourth-order valence-corrected chi connectivity index (χ4v) is 2.10. The molecule has 1 heterocycles. The number of halogens is 1. The normalized spacial score (nSPS) is 26.4. The van der Waals surface area contributed by atoms with Crippen LogP contribution in [0.2, 0.25) is 0 Å². The monoisotopic (exact) mass is 265 g/mol. The van der Waals surface area contributed by atoms with Crippen LogP contribution in [0.5, 0.6) is 0 Å². The van der Waals surface area contributed by atoms with Gasteiger partial charge in [0.05, 0.1) is 12.7 Å². The molecule has 0 amide bonds. The SMILES string of the molecule is COCCC(C)N1CCOC(CBr)C1. The van der Waals surface area contributed by atoms with E-state index in [0.29, 0.717) is 12.1 Å². The molecule has 1 fully saturated rings. The molecule has 0 aromatic rings. The summed E-state index contributed by atoms with van der Waals surface area (Å²) in [5.74, 6) is 0. The van der Waals surface area contributed by atoms with Crippen molar-refractivity contribution in [2.75, 3.05) is 38.7 Å². The Morgan fingerprint density at radius 1 is 1.64 bits per heavy atom. The van der Waals surface area contributed by atoms with Crippen LogP contribution in [-0.2, 0) is 9.47 Å². The van der Waals surface area contributed by atoms with Gasteiger partial charge in [-0.05, 0) is 13.3 Å². The summed E-state index contributed by atoms with van der Waals surface area (Å²) in [5, 5.41) is 0.931. The predicted molar refractivity (Wildman–Crippen MR) is 61.1 cm³/mol. The van der Waals surface area contributed by atoms with Crippen LogP contribution in [-0.4, -0.2) is 55.8 Å². The Morgan fingerprint density at radius 3 is 3.07 bits per heavy atom. The van der Waals surface area contributed by atoms with Gasteiger partial charge in [-0.1, -0.05) is 15.9 Å². The van der Waals surface area contributed by atoms with E-state index in [2.05, 4.69) is 27.8 Å². The molecular weight excluding hydrogens is 246 g/mol. The van der Waals surface area contributed by atoms with Gasteiger partial charge < -0.3 is 9.47 Å². The zero-order chi connectivity index (χ0) is 10.4. The highest BCUT2D eigenvalue weighted by atomic mass is 79.9. The van der Waals surface area contributed by atoms with Crippen LogP contribution < -0.4 is 0 Å². The van der Waals surface area contributed by atoms with Crippen molar-refractivity contribution in [2.45, 2.75) is 25.5 Å². The molecule has 0 aliphatic carbocycles. The van der Waals surface area contributed by atoms with Crippen molar-refractivity contribution in [3.05, 3.63) is 0 Å². The van der Waals surface area contributed by atoms with Gasteiger partial charge in [0, 0.05) is 38.2 Å². The van der Waals surface area contributed by atoms with E-state index in [1.165, 1.54) is 0 Å². The molecule has 0 bridgehead atoms. The predicted octanol–water partition coefficient (Wildman–Crippen LogP) is 1.51. The van der Waals surface area contributed by atoms with E-state index in [4.69, 9.17) is 9.47 Å². The molecule has 0 aromatic carbocycles. The fourth-order valence-electron chi connectivity index (χ4n) is 1.71. The first-order valence-corrected chi connectivity index (χ1v) is 6.30. The van der Waals surface area contributed by atoms with Crippen LogP contribution in [0.3, 0.4) is 0 Å². The average Bonchev–Trinajstić information content (AvgIpc) is 2.26. The molecule has 2 unspecified atom stereocenters. The lowest BCUT2D eigenvalue weighted by atomic mass is 10.2. The molecule has 84 valence electrons. The fraction of sp³-hybridized carbons (Fsp3) is 1.00. The first kappa shape index (κ1) is 12.4. The van der Waals surface area contributed by atoms with E-state index in [9.17, 15) is 0 Å². The van der Waals surface area contributed by atoms with Gasteiger partial charge in [-0.15, -0.1) is 0 Å². The topological polar surface area (TPSA) is 21.7 Å². The van der Waals surface area contributed by atoms with Crippen molar-refractivity contribution in [3.63, 3.8) is 0 Å². The number of nitrogens with zero attached hydrogens (tertiary/aromatic N) is 1. The highest BCUT2D eigenvalue weighted by Crippen LogP contribution is 2.12. The highest BCUT2D eigenvalue weighted by Gasteiger charge is 2.22. The Labute approximate surface area is 94.9 Å². The van der Waals surface area contributed by atoms with Crippen molar-refractivity contribution in [3.8, 4) is 0 Å². The maximum absolute atomic E-state index is 5.59. The number of hydrogen-bond acceptors (Lipinski definition) is 3. The molecule has 0 saturated carbocycles. The lowest BCUT2D eigenvalue weighted by Crippen LogP contribution is -2.47. The minimum Gasteiger partial charge on any atom is -0.385 e. The quantitative estimate of drug-likeness (QED) is 0.704. The van der Waals surface area contributed by atoms with Crippen LogP contribution in [0.15, 0.2) is 0 Å². The Morgan fingerprint density at radius 2 is 2.43 bits per heavy atom. The minimum absolute atomic E-state index is 0.355. The maximum Gasteiger partial charge on any atom is 0.0799 e. The Hall–Kier alpha value is 0.360. The van der Waals surface area contributed by atoms with E-state index < -0.39 is 0 Å². The van der Waals surface area contributed by atoms with Gasteiger partial charge >= 0.3 is 0 Å². The van der Waals surface area contributed by atoms with Crippen molar-refractivity contribution < 1.29 is 9.47 Å². The lowest BCUT2D eigenvalue weighted by Gasteiger charge is -2.36. The van der Waals surface area contributed by atoms with E-state index in [0.717, 1.165) is 38.1 Å². The third kappa shape index (κ3) is 3.85. The van der Waals surface area contributed by atoms with E-state index in [1.54, 1.807) is 7.11 Å². The van der Waals surface area contributed by atoms with Crippen LogP contribution >= 0.6 is 15.9 Å². The molecule has 3 nitrogen and oxygen atoms in total.